The summed E-state index contributed by atoms with van der Waals surface area (Å²) in [5.41, 5.74) is 0. The van der Waals surface area contributed by atoms with Gasteiger partial charge < -0.3 is 15.2 Å². The summed E-state index contributed by atoms with van der Waals surface area (Å²) in [7, 11) is 1.78. The van der Waals surface area contributed by atoms with Crippen molar-refractivity contribution in [3.8, 4) is 0 Å². The van der Waals surface area contributed by atoms with Crippen molar-refractivity contribution in [3.63, 3.8) is 0 Å². The number of aliphatic imine (C=N–C) groups is 1. The molecular weight excluding hydrogens is 345 g/mol. The van der Waals surface area contributed by atoms with Gasteiger partial charge >= 0.3 is 0 Å². The van der Waals surface area contributed by atoms with Gasteiger partial charge in [0.1, 0.15) is 0 Å². The summed E-state index contributed by atoms with van der Waals surface area (Å²) in [5, 5.41) is 10.3. The molecule has 1 aliphatic carbocycles. The third kappa shape index (κ3) is 4.43. The number of aromatic nitrogens is 2. The van der Waals surface area contributed by atoms with Gasteiger partial charge in [-0.25, -0.2) is 0 Å². The maximum Gasteiger partial charge on any atom is 0.228 e. The molecule has 0 spiro atoms. The van der Waals surface area contributed by atoms with Gasteiger partial charge in [-0.3, -0.25) is 4.99 Å². The molecule has 1 aromatic heterocycles. The second-order valence-electron chi connectivity index (χ2n) is 4.45. The van der Waals surface area contributed by atoms with Crippen LogP contribution in [0.15, 0.2) is 9.52 Å². The Kier molecular flexibility index (Phi) is 5.83. The fourth-order valence-corrected chi connectivity index (χ4v) is 1.62. The molecule has 0 saturated heterocycles. The first kappa shape index (κ1) is 15.2. The Hall–Kier alpha value is -0.860. The Labute approximate surface area is 124 Å². The van der Waals surface area contributed by atoms with E-state index in [1.54, 1.807) is 7.05 Å². The second kappa shape index (κ2) is 6.91. The molecule has 2 N–H and O–H groups in total. The van der Waals surface area contributed by atoms with Crippen molar-refractivity contribution in [1.82, 2.24) is 20.8 Å². The molecule has 0 bridgehead atoms. The van der Waals surface area contributed by atoms with Crippen molar-refractivity contribution in [1.29, 1.82) is 0 Å². The molecule has 6 nitrogen and oxygen atoms in total. The lowest BCUT2D eigenvalue weighted by Gasteiger charge is -2.10. The summed E-state index contributed by atoms with van der Waals surface area (Å²) >= 11 is 0. The zero-order valence-corrected chi connectivity index (χ0v) is 13.3. The molecule has 2 unspecified atom stereocenters. The van der Waals surface area contributed by atoms with Gasteiger partial charge in [0.05, 0.1) is 0 Å². The molecule has 0 aromatic carbocycles. The number of nitrogens with zero attached hydrogens (tertiary/aromatic N) is 3. The first-order valence-electron chi connectivity index (χ1n) is 5.95. The third-order valence-corrected chi connectivity index (χ3v) is 2.86. The summed E-state index contributed by atoms with van der Waals surface area (Å²) in [5.74, 6) is 2.93. The number of aryl methyl sites for hydroxylation is 1. The van der Waals surface area contributed by atoms with Gasteiger partial charge in [0.15, 0.2) is 11.8 Å². The van der Waals surface area contributed by atoms with Crippen LogP contribution in [0.25, 0.3) is 0 Å². The fourth-order valence-electron chi connectivity index (χ4n) is 1.62. The fraction of sp³-hybridized carbons (Fsp3) is 0.727. The maximum absolute atomic E-state index is 5.03. The minimum Gasteiger partial charge on any atom is -0.356 e. The quantitative estimate of drug-likeness (QED) is 0.475. The molecular formula is C11H20IN5O. The van der Waals surface area contributed by atoms with Gasteiger partial charge in [0.2, 0.25) is 5.89 Å². The molecule has 1 fully saturated rings. The van der Waals surface area contributed by atoms with Crippen molar-refractivity contribution >= 4 is 29.9 Å². The van der Waals surface area contributed by atoms with Gasteiger partial charge in [0, 0.05) is 26.1 Å². The van der Waals surface area contributed by atoms with E-state index in [-0.39, 0.29) is 24.0 Å². The van der Waals surface area contributed by atoms with Gasteiger partial charge in [-0.15, -0.1) is 24.0 Å². The third-order valence-electron chi connectivity index (χ3n) is 2.86. The standard InChI is InChI=1S/C11H19N5O.HI/c1-7-6-9(7)15-11(12-3)13-5-4-10-14-8(2)16-17-10;/h7,9H,4-6H2,1-3H3,(H2,12,13,15);1H. The predicted molar refractivity (Wildman–Crippen MR) is 80.2 cm³/mol. The van der Waals surface area contributed by atoms with E-state index >= 15 is 0 Å². The Balaban J connectivity index is 0.00000162. The van der Waals surface area contributed by atoms with Crippen LogP contribution in [-0.4, -0.2) is 35.7 Å². The number of guanidine groups is 1. The minimum absolute atomic E-state index is 0. The average molecular weight is 365 g/mol. The van der Waals surface area contributed by atoms with Crippen LogP contribution in [0.1, 0.15) is 25.1 Å². The molecule has 1 aromatic rings. The topological polar surface area (TPSA) is 75.3 Å². The van der Waals surface area contributed by atoms with Gasteiger partial charge in [-0.1, -0.05) is 12.1 Å². The molecule has 7 heteroatoms. The van der Waals surface area contributed by atoms with Crippen molar-refractivity contribution in [2.24, 2.45) is 10.9 Å². The van der Waals surface area contributed by atoms with Crippen molar-refractivity contribution in [3.05, 3.63) is 11.7 Å². The Morgan fingerprint density at radius 3 is 2.78 bits per heavy atom. The number of hydrogen-bond donors (Lipinski definition) is 2. The van der Waals surface area contributed by atoms with Crippen molar-refractivity contribution < 1.29 is 4.52 Å². The van der Waals surface area contributed by atoms with E-state index in [4.69, 9.17) is 4.52 Å². The number of hydrogen-bond acceptors (Lipinski definition) is 4. The largest absolute Gasteiger partial charge is 0.356 e. The van der Waals surface area contributed by atoms with Crippen LogP contribution in [0.5, 0.6) is 0 Å². The number of nitrogens with one attached hydrogen (secondary N) is 2. The van der Waals surface area contributed by atoms with Crippen molar-refractivity contribution in [2.75, 3.05) is 13.6 Å². The monoisotopic (exact) mass is 365 g/mol. The molecule has 2 rings (SSSR count). The van der Waals surface area contributed by atoms with Crippen LogP contribution in [0.3, 0.4) is 0 Å². The highest BCUT2D eigenvalue weighted by atomic mass is 127. The summed E-state index contributed by atoms with van der Waals surface area (Å²) in [6.07, 6.45) is 1.94. The lowest BCUT2D eigenvalue weighted by Crippen LogP contribution is -2.39. The van der Waals surface area contributed by atoms with Gasteiger partial charge in [0.25, 0.3) is 0 Å². The van der Waals surface area contributed by atoms with E-state index in [1.165, 1.54) is 6.42 Å². The SMILES string of the molecule is CN=C(NCCc1nc(C)no1)NC1CC1C.I. The molecule has 1 heterocycles. The highest BCUT2D eigenvalue weighted by molar-refractivity contribution is 14.0. The Morgan fingerprint density at radius 1 is 1.56 bits per heavy atom. The Bertz CT molecular complexity index is 406. The van der Waals surface area contributed by atoms with Crippen LogP contribution in [0, 0.1) is 12.8 Å². The number of halogens is 1. The summed E-state index contributed by atoms with van der Waals surface area (Å²) in [6.45, 7) is 4.78. The molecule has 0 amide bonds. The zero-order chi connectivity index (χ0) is 12.3. The molecule has 2 atom stereocenters. The smallest absolute Gasteiger partial charge is 0.228 e. The van der Waals surface area contributed by atoms with E-state index in [9.17, 15) is 0 Å². The first-order valence-corrected chi connectivity index (χ1v) is 5.95. The summed E-state index contributed by atoms with van der Waals surface area (Å²) in [6, 6.07) is 0.576. The Morgan fingerprint density at radius 2 is 2.28 bits per heavy atom. The molecule has 18 heavy (non-hydrogen) atoms. The lowest BCUT2D eigenvalue weighted by atomic mass is 10.4. The van der Waals surface area contributed by atoms with Gasteiger partial charge in [-0.2, -0.15) is 4.98 Å². The highest BCUT2D eigenvalue weighted by Gasteiger charge is 2.33. The van der Waals surface area contributed by atoms with E-state index in [1.807, 2.05) is 6.92 Å². The van der Waals surface area contributed by atoms with E-state index < -0.39 is 0 Å². The summed E-state index contributed by atoms with van der Waals surface area (Å²) < 4.78 is 5.03. The lowest BCUT2D eigenvalue weighted by molar-refractivity contribution is 0.374. The molecule has 0 radical (unpaired) electrons. The van der Waals surface area contributed by atoms with Gasteiger partial charge in [-0.05, 0) is 19.3 Å². The molecule has 102 valence electrons. The van der Waals surface area contributed by atoms with Crippen LogP contribution in [0.2, 0.25) is 0 Å². The normalized spacial score (nSPS) is 22.3. The predicted octanol–water partition coefficient (Wildman–Crippen LogP) is 1.11. The zero-order valence-electron chi connectivity index (χ0n) is 10.9. The second-order valence-corrected chi connectivity index (χ2v) is 4.45. The van der Waals surface area contributed by atoms with Crippen LogP contribution in [0.4, 0.5) is 0 Å². The van der Waals surface area contributed by atoms with E-state index in [0.717, 1.165) is 18.4 Å². The van der Waals surface area contributed by atoms with Crippen LogP contribution < -0.4 is 10.6 Å². The van der Waals surface area contributed by atoms with E-state index in [2.05, 4.69) is 32.7 Å². The highest BCUT2D eigenvalue weighted by Crippen LogP contribution is 2.28. The summed E-state index contributed by atoms with van der Waals surface area (Å²) in [4.78, 5) is 8.31. The van der Waals surface area contributed by atoms with E-state index in [0.29, 0.717) is 24.2 Å². The van der Waals surface area contributed by atoms with Crippen LogP contribution in [-0.2, 0) is 6.42 Å². The molecule has 1 saturated carbocycles. The van der Waals surface area contributed by atoms with Crippen LogP contribution >= 0.6 is 24.0 Å². The molecule has 0 aliphatic heterocycles. The van der Waals surface area contributed by atoms with Crippen molar-refractivity contribution in [2.45, 2.75) is 32.7 Å². The average Bonchev–Trinajstić information content (AvgIpc) is 2.82. The minimum atomic E-state index is 0. The molecule has 1 aliphatic rings. The first-order chi connectivity index (χ1) is 8.19. The number of rotatable bonds is 4. The maximum atomic E-state index is 5.03.